The number of halogens is 1. The van der Waals surface area contributed by atoms with Gasteiger partial charge in [-0.05, 0) is 67.2 Å². The van der Waals surface area contributed by atoms with Crippen molar-refractivity contribution in [2.45, 2.75) is 51.6 Å². The van der Waals surface area contributed by atoms with Crippen LogP contribution in [-0.4, -0.2) is 18.6 Å². The number of benzene rings is 1. The molecule has 0 saturated carbocycles. The van der Waals surface area contributed by atoms with Crippen LogP contribution >= 0.6 is 15.9 Å². The summed E-state index contributed by atoms with van der Waals surface area (Å²) in [6, 6.07) is 7.56. The van der Waals surface area contributed by atoms with Crippen molar-refractivity contribution in [2.75, 3.05) is 11.9 Å². The summed E-state index contributed by atoms with van der Waals surface area (Å²) in [6.45, 7) is 5.58. The normalized spacial score (nSPS) is 21.6. The standard InChI is InChI=1S/C15H23BrN2/c1-11-6-5-8-14(15(11)16)18-12(2)10-13-7-3-4-9-17-13/h5-6,8,12-13,17-18H,3-4,7,9-10H2,1-2H3. The van der Waals surface area contributed by atoms with Crippen LogP contribution in [0.25, 0.3) is 0 Å². The van der Waals surface area contributed by atoms with Gasteiger partial charge in [-0.15, -0.1) is 0 Å². The topological polar surface area (TPSA) is 24.1 Å². The molecule has 2 unspecified atom stereocenters. The van der Waals surface area contributed by atoms with Crippen molar-refractivity contribution >= 4 is 21.6 Å². The molecule has 0 spiro atoms. The van der Waals surface area contributed by atoms with E-state index in [0.717, 1.165) is 0 Å². The van der Waals surface area contributed by atoms with Gasteiger partial charge in [-0.25, -0.2) is 0 Å². The van der Waals surface area contributed by atoms with Crippen LogP contribution < -0.4 is 10.6 Å². The van der Waals surface area contributed by atoms with Crippen LogP contribution in [0.1, 0.15) is 38.2 Å². The summed E-state index contributed by atoms with van der Waals surface area (Å²) in [5.41, 5.74) is 2.49. The van der Waals surface area contributed by atoms with Gasteiger partial charge >= 0.3 is 0 Å². The molecule has 1 aliphatic heterocycles. The monoisotopic (exact) mass is 310 g/mol. The molecule has 1 heterocycles. The third-order valence-electron chi connectivity index (χ3n) is 3.64. The third kappa shape index (κ3) is 3.72. The van der Waals surface area contributed by atoms with Crippen LogP contribution in [0, 0.1) is 6.92 Å². The number of nitrogens with one attached hydrogen (secondary N) is 2. The second-order valence-electron chi connectivity index (χ2n) is 5.36. The van der Waals surface area contributed by atoms with E-state index < -0.39 is 0 Å². The lowest BCUT2D eigenvalue weighted by Crippen LogP contribution is -2.37. The molecule has 2 rings (SSSR count). The van der Waals surface area contributed by atoms with Crippen molar-refractivity contribution in [3.8, 4) is 0 Å². The summed E-state index contributed by atoms with van der Waals surface area (Å²) in [5, 5.41) is 7.22. The van der Waals surface area contributed by atoms with Gasteiger partial charge in [-0.2, -0.15) is 0 Å². The van der Waals surface area contributed by atoms with E-state index in [4.69, 9.17) is 0 Å². The molecule has 1 aliphatic rings. The van der Waals surface area contributed by atoms with E-state index >= 15 is 0 Å². The van der Waals surface area contributed by atoms with Gasteiger partial charge in [-0.1, -0.05) is 18.6 Å². The van der Waals surface area contributed by atoms with E-state index in [-0.39, 0.29) is 0 Å². The molecule has 2 N–H and O–H groups in total. The second kappa shape index (κ2) is 6.58. The summed E-state index contributed by atoms with van der Waals surface area (Å²) in [5.74, 6) is 0. The third-order valence-corrected chi connectivity index (χ3v) is 4.70. The van der Waals surface area contributed by atoms with Crippen LogP contribution in [0.3, 0.4) is 0 Å². The lowest BCUT2D eigenvalue weighted by molar-refractivity contribution is 0.371. The van der Waals surface area contributed by atoms with Crippen molar-refractivity contribution in [3.05, 3.63) is 28.2 Å². The first-order chi connectivity index (χ1) is 8.66. The van der Waals surface area contributed by atoms with E-state index in [1.165, 1.54) is 48.0 Å². The van der Waals surface area contributed by atoms with Crippen molar-refractivity contribution in [1.82, 2.24) is 5.32 Å². The van der Waals surface area contributed by atoms with E-state index in [9.17, 15) is 0 Å². The Hall–Kier alpha value is -0.540. The summed E-state index contributed by atoms with van der Waals surface area (Å²) >= 11 is 3.66. The Balaban J connectivity index is 1.90. The van der Waals surface area contributed by atoms with Gasteiger partial charge in [0.25, 0.3) is 0 Å². The van der Waals surface area contributed by atoms with Crippen molar-refractivity contribution in [3.63, 3.8) is 0 Å². The van der Waals surface area contributed by atoms with Crippen LogP contribution in [-0.2, 0) is 0 Å². The zero-order valence-corrected chi connectivity index (χ0v) is 12.9. The highest BCUT2D eigenvalue weighted by molar-refractivity contribution is 9.10. The number of aryl methyl sites for hydroxylation is 1. The summed E-state index contributed by atoms with van der Waals surface area (Å²) < 4.78 is 1.19. The predicted molar refractivity (Wildman–Crippen MR) is 82.2 cm³/mol. The number of hydrogen-bond acceptors (Lipinski definition) is 2. The lowest BCUT2D eigenvalue weighted by Gasteiger charge is -2.27. The average molecular weight is 311 g/mol. The molecule has 2 atom stereocenters. The molecule has 3 heteroatoms. The Kier molecular flexibility index (Phi) is 5.07. The average Bonchev–Trinajstić information content (AvgIpc) is 2.36. The van der Waals surface area contributed by atoms with Crippen molar-refractivity contribution < 1.29 is 0 Å². The molecule has 0 aliphatic carbocycles. The molecule has 1 aromatic rings. The first-order valence-corrected chi connectivity index (χ1v) is 7.71. The minimum Gasteiger partial charge on any atom is -0.382 e. The van der Waals surface area contributed by atoms with Crippen LogP contribution in [0.15, 0.2) is 22.7 Å². The second-order valence-corrected chi connectivity index (χ2v) is 6.16. The maximum absolute atomic E-state index is 3.66. The first kappa shape index (κ1) is 13.9. The molecule has 1 aromatic carbocycles. The fraction of sp³-hybridized carbons (Fsp3) is 0.600. The highest BCUT2D eigenvalue weighted by atomic mass is 79.9. The van der Waals surface area contributed by atoms with Crippen LogP contribution in [0.5, 0.6) is 0 Å². The number of rotatable bonds is 4. The number of anilines is 1. The van der Waals surface area contributed by atoms with Gasteiger partial charge in [0.1, 0.15) is 0 Å². The Bertz CT molecular complexity index is 386. The highest BCUT2D eigenvalue weighted by Gasteiger charge is 2.16. The molecule has 1 saturated heterocycles. The van der Waals surface area contributed by atoms with E-state index in [0.29, 0.717) is 12.1 Å². The number of piperidine rings is 1. The molecule has 0 radical (unpaired) electrons. The quantitative estimate of drug-likeness (QED) is 0.875. The van der Waals surface area contributed by atoms with Gasteiger partial charge in [0.05, 0.1) is 0 Å². The zero-order valence-electron chi connectivity index (χ0n) is 11.3. The SMILES string of the molecule is Cc1cccc(NC(C)CC2CCCCN2)c1Br. The van der Waals surface area contributed by atoms with Gasteiger partial charge < -0.3 is 10.6 Å². The minimum absolute atomic E-state index is 0.499. The highest BCUT2D eigenvalue weighted by Crippen LogP contribution is 2.27. The largest absolute Gasteiger partial charge is 0.382 e. The number of hydrogen-bond donors (Lipinski definition) is 2. The van der Waals surface area contributed by atoms with E-state index in [2.05, 4.69) is 58.6 Å². The molecule has 0 bridgehead atoms. The smallest absolute Gasteiger partial charge is 0.0489 e. The van der Waals surface area contributed by atoms with E-state index in [1.807, 2.05) is 0 Å². The molecular weight excluding hydrogens is 288 g/mol. The predicted octanol–water partition coefficient (Wildman–Crippen LogP) is 4.09. The van der Waals surface area contributed by atoms with Crippen LogP contribution in [0.4, 0.5) is 5.69 Å². The Labute approximate surface area is 119 Å². The molecule has 1 fully saturated rings. The van der Waals surface area contributed by atoms with Crippen molar-refractivity contribution in [2.24, 2.45) is 0 Å². The summed E-state index contributed by atoms with van der Waals surface area (Å²) in [7, 11) is 0. The minimum atomic E-state index is 0.499. The molecule has 100 valence electrons. The van der Waals surface area contributed by atoms with Gasteiger partial charge in [0.2, 0.25) is 0 Å². The molecule has 18 heavy (non-hydrogen) atoms. The fourth-order valence-electron chi connectivity index (χ4n) is 2.64. The molecular formula is C15H23BrN2. The van der Waals surface area contributed by atoms with E-state index in [1.54, 1.807) is 0 Å². The molecule has 2 nitrogen and oxygen atoms in total. The summed E-state index contributed by atoms with van der Waals surface area (Å²) in [6.07, 6.45) is 5.22. The Morgan fingerprint density at radius 1 is 1.44 bits per heavy atom. The van der Waals surface area contributed by atoms with Crippen LogP contribution in [0.2, 0.25) is 0 Å². The van der Waals surface area contributed by atoms with Gasteiger partial charge in [0.15, 0.2) is 0 Å². The molecule has 0 aromatic heterocycles. The molecule has 0 amide bonds. The zero-order chi connectivity index (χ0) is 13.0. The summed E-state index contributed by atoms with van der Waals surface area (Å²) in [4.78, 5) is 0. The Morgan fingerprint density at radius 2 is 2.28 bits per heavy atom. The maximum Gasteiger partial charge on any atom is 0.0489 e. The Morgan fingerprint density at radius 3 is 3.00 bits per heavy atom. The van der Waals surface area contributed by atoms with Gasteiger partial charge in [-0.3, -0.25) is 0 Å². The maximum atomic E-state index is 3.66. The van der Waals surface area contributed by atoms with Crippen molar-refractivity contribution in [1.29, 1.82) is 0 Å². The first-order valence-electron chi connectivity index (χ1n) is 6.92. The fourth-order valence-corrected chi connectivity index (χ4v) is 3.01. The lowest BCUT2D eigenvalue weighted by atomic mass is 9.98. The van der Waals surface area contributed by atoms with Gasteiger partial charge in [0, 0.05) is 22.2 Å².